The third-order valence-corrected chi connectivity index (χ3v) is 5.11. The molecule has 3 heterocycles. The number of carbonyl (C=O) groups is 2. The first-order valence-electron chi connectivity index (χ1n) is 10.4. The summed E-state index contributed by atoms with van der Waals surface area (Å²) >= 11 is 0. The maximum Gasteiger partial charge on any atom is 0.433 e. The van der Waals surface area contributed by atoms with Crippen molar-refractivity contribution in [3.05, 3.63) is 59.7 Å². The number of rotatable bonds is 6. The summed E-state index contributed by atoms with van der Waals surface area (Å²) in [6, 6.07) is 8.36. The number of nitrogens with one attached hydrogen (secondary N) is 2. The zero-order valence-electron chi connectivity index (χ0n) is 18.8. The van der Waals surface area contributed by atoms with E-state index >= 15 is 0 Å². The summed E-state index contributed by atoms with van der Waals surface area (Å²) < 4.78 is 48.6. The van der Waals surface area contributed by atoms with Gasteiger partial charge in [0.2, 0.25) is 0 Å². The van der Waals surface area contributed by atoms with Gasteiger partial charge in [-0.15, -0.1) is 0 Å². The molecule has 2 N–H and O–H groups in total. The molecule has 0 saturated carbocycles. The molecule has 10 nitrogen and oxygen atoms in total. The number of hydrogen-bond acceptors (Lipinski definition) is 6. The number of halogens is 3. The number of fused-ring (bicyclic) bond motifs is 1. The third kappa shape index (κ3) is 4.65. The molecule has 2 amide bonds. The zero-order chi connectivity index (χ0) is 25.3. The van der Waals surface area contributed by atoms with Crippen molar-refractivity contribution in [2.45, 2.75) is 19.6 Å². The highest BCUT2D eigenvalue weighted by Crippen LogP contribution is 2.33. The number of alkyl halides is 3. The van der Waals surface area contributed by atoms with Crippen molar-refractivity contribution < 1.29 is 27.5 Å². The number of aromatic nitrogens is 5. The lowest BCUT2D eigenvalue weighted by atomic mass is 10.1. The molecule has 1 aromatic carbocycles. The first-order chi connectivity index (χ1) is 16.6. The fraction of sp³-hybridized carbons (Fsp3) is 0.227. The lowest BCUT2D eigenvalue weighted by Crippen LogP contribution is -2.22. The number of aryl methyl sites for hydroxylation is 1. The number of hydrogen-bond donors (Lipinski definition) is 2. The maximum atomic E-state index is 13.8. The van der Waals surface area contributed by atoms with Crippen LogP contribution < -0.4 is 15.4 Å². The van der Waals surface area contributed by atoms with Crippen LogP contribution in [0.2, 0.25) is 0 Å². The fourth-order valence-electron chi connectivity index (χ4n) is 3.34. The lowest BCUT2D eigenvalue weighted by molar-refractivity contribution is -0.142. The number of anilines is 1. The summed E-state index contributed by atoms with van der Waals surface area (Å²) in [5.41, 5.74) is -1.07. The Bertz CT molecular complexity index is 1410. The average Bonchev–Trinajstić information content (AvgIpc) is 3.46. The Labute approximate surface area is 196 Å². The Balaban J connectivity index is 1.75. The minimum absolute atomic E-state index is 0.0395. The predicted octanol–water partition coefficient (Wildman–Crippen LogP) is 3.25. The summed E-state index contributed by atoms with van der Waals surface area (Å²) in [7, 11) is 2.89. The van der Waals surface area contributed by atoms with Crippen molar-refractivity contribution in [1.29, 1.82) is 0 Å². The highest BCUT2D eigenvalue weighted by atomic mass is 19.4. The molecule has 0 atom stereocenters. The molecular weight excluding hydrogens is 467 g/mol. The maximum absolute atomic E-state index is 13.8. The zero-order valence-corrected chi connectivity index (χ0v) is 18.8. The second-order valence-corrected chi connectivity index (χ2v) is 7.33. The summed E-state index contributed by atoms with van der Waals surface area (Å²) in [5, 5.41) is 12.8. The van der Waals surface area contributed by atoms with Gasteiger partial charge in [0.1, 0.15) is 5.75 Å². The van der Waals surface area contributed by atoms with Crippen LogP contribution in [0.15, 0.2) is 42.6 Å². The van der Waals surface area contributed by atoms with E-state index in [-0.39, 0.29) is 28.4 Å². The van der Waals surface area contributed by atoms with E-state index in [1.165, 1.54) is 25.0 Å². The van der Waals surface area contributed by atoms with Gasteiger partial charge < -0.3 is 15.4 Å². The second-order valence-electron chi connectivity index (χ2n) is 7.33. The van der Waals surface area contributed by atoms with Crippen LogP contribution >= 0.6 is 0 Å². The molecule has 0 radical (unpaired) electrons. The van der Waals surface area contributed by atoms with Gasteiger partial charge in [0, 0.05) is 31.4 Å². The largest absolute Gasteiger partial charge is 0.497 e. The molecule has 0 aliphatic heterocycles. The van der Waals surface area contributed by atoms with E-state index in [1.54, 1.807) is 31.2 Å². The van der Waals surface area contributed by atoms with Crippen LogP contribution in [0.4, 0.5) is 18.9 Å². The van der Waals surface area contributed by atoms with Crippen molar-refractivity contribution in [1.82, 2.24) is 29.7 Å². The predicted molar refractivity (Wildman–Crippen MR) is 119 cm³/mol. The van der Waals surface area contributed by atoms with Crippen LogP contribution in [0.1, 0.15) is 33.6 Å². The molecule has 35 heavy (non-hydrogen) atoms. The van der Waals surface area contributed by atoms with E-state index in [1.807, 2.05) is 0 Å². The van der Waals surface area contributed by atoms with Crippen LogP contribution in [0.5, 0.6) is 5.75 Å². The smallest absolute Gasteiger partial charge is 0.433 e. The van der Waals surface area contributed by atoms with Gasteiger partial charge >= 0.3 is 6.18 Å². The van der Waals surface area contributed by atoms with Gasteiger partial charge in [-0.2, -0.15) is 23.4 Å². The van der Waals surface area contributed by atoms with Gasteiger partial charge in [-0.3, -0.25) is 14.3 Å². The van der Waals surface area contributed by atoms with Crippen molar-refractivity contribution in [3.63, 3.8) is 0 Å². The lowest BCUT2D eigenvalue weighted by Gasteiger charge is -2.11. The van der Waals surface area contributed by atoms with E-state index < -0.39 is 23.7 Å². The van der Waals surface area contributed by atoms with Crippen LogP contribution in [0, 0.1) is 0 Å². The minimum atomic E-state index is -4.77. The van der Waals surface area contributed by atoms with Gasteiger partial charge in [-0.05, 0) is 37.3 Å². The van der Waals surface area contributed by atoms with Crippen LogP contribution in [0.25, 0.3) is 16.9 Å². The van der Waals surface area contributed by atoms with Gasteiger partial charge in [-0.25, -0.2) is 9.50 Å². The van der Waals surface area contributed by atoms with E-state index in [4.69, 9.17) is 4.74 Å². The SMILES string of the molecule is CCn1cc(NC(=O)c2cc3nc(-c4ccc(OC)cc4)cc(C(F)(F)F)n3n2)c(C(=O)NC)n1. The Morgan fingerprint density at radius 1 is 1.09 bits per heavy atom. The third-order valence-electron chi connectivity index (χ3n) is 5.11. The molecule has 4 rings (SSSR count). The quantitative estimate of drug-likeness (QED) is 0.432. The Kier molecular flexibility index (Phi) is 6.16. The second kappa shape index (κ2) is 9.08. The van der Waals surface area contributed by atoms with Crippen molar-refractivity contribution >= 4 is 23.1 Å². The first-order valence-corrected chi connectivity index (χ1v) is 10.4. The molecule has 0 aliphatic carbocycles. The first kappa shape index (κ1) is 23.7. The summed E-state index contributed by atoms with van der Waals surface area (Å²) in [6.45, 7) is 2.22. The van der Waals surface area contributed by atoms with E-state index in [2.05, 4.69) is 25.8 Å². The van der Waals surface area contributed by atoms with Crippen molar-refractivity contribution in [2.75, 3.05) is 19.5 Å². The fourth-order valence-corrected chi connectivity index (χ4v) is 3.34. The monoisotopic (exact) mass is 487 g/mol. The highest BCUT2D eigenvalue weighted by molar-refractivity contribution is 6.07. The molecule has 0 bridgehead atoms. The van der Waals surface area contributed by atoms with Crippen molar-refractivity contribution in [3.8, 4) is 17.0 Å². The van der Waals surface area contributed by atoms with Crippen LogP contribution in [-0.2, 0) is 12.7 Å². The molecule has 4 aromatic rings. The van der Waals surface area contributed by atoms with Gasteiger partial charge in [0.15, 0.2) is 22.7 Å². The number of carbonyl (C=O) groups excluding carboxylic acids is 2. The molecule has 0 fully saturated rings. The number of amides is 2. The topological polar surface area (TPSA) is 115 Å². The van der Waals surface area contributed by atoms with Gasteiger partial charge in [0.05, 0.1) is 18.5 Å². The molecular formula is C22H20F3N7O3. The van der Waals surface area contributed by atoms with Gasteiger partial charge in [0.25, 0.3) is 11.8 Å². The molecule has 0 saturated heterocycles. The molecule has 0 spiro atoms. The number of methoxy groups -OCH3 is 1. The van der Waals surface area contributed by atoms with Gasteiger partial charge in [-0.1, -0.05) is 0 Å². The summed E-state index contributed by atoms with van der Waals surface area (Å²) in [6.07, 6.45) is -3.32. The van der Waals surface area contributed by atoms with E-state index in [9.17, 15) is 22.8 Å². The summed E-state index contributed by atoms with van der Waals surface area (Å²) in [5.74, 6) is -0.820. The molecule has 0 aliphatic rings. The van der Waals surface area contributed by atoms with Crippen LogP contribution in [-0.4, -0.2) is 50.4 Å². The average molecular weight is 487 g/mol. The van der Waals surface area contributed by atoms with Crippen molar-refractivity contribution in [2.24, 2.45) is 0 Å². The summed E-state index contributed by atoms with van der Waals surface area (Å²) in [4.78, 5) is 29.2. The van der Waals surface area contributed by atoms with E-state index in [0.717, 1.165) is 12.1 Å². The Hall–Kier alpha value is -4.42. The number of benzene rings is 1. The van der Waals surface area contributed by atoms with E-state index in [0.29, 0.717) is 22.4 Å². The number of nitrogens with zero attached hydrogens (tertiary/aromatic N) is 5. The highest BCUT2D eigenvalue weighted by Gasteiger charge is 2.36. The Morgan fingerprint density at radius 3 is 2.40 bits per heavy atom. The molecule has 0 unspecified atom stereocenters. The molecule has 13 heteroatoms. The van der Waals surface area contributed by atoms with Crippen LogP contribution in [0.3, 0.4) is 0 Å². The molecule has 182 valence electrons. The number of ether oxygens (including phenoxy) is 1. The standard InChI is InChI=1S/C22H20F3N7O3/c1-4-31-11-16(19(30-31)21(34)26-2)28-20(33)15-10-18-27-14(12-5-7-13(35-3)8-6-12)9-17(22(23,24)25)32(18)29-15/h5-11H,4H2,1-3H3,(H,26,34)(H,28,33). The minimum Gasteiger partial charge on any atom is -0.497 e. The normalized spacial score (nSPS) is 11.5. The Morgan fingerprint density at radius 2 is 1.80 bits per heavy atom. The molecule has 3 aromatic heterocycles.